The number of fused-ring (bicyclic) bond motifs is 1. The fraction of sp³-hybridized carbons (Fsp3) is 0.375. The number of amides is 2. The van der Waals surface area contributed by atoms with Gasteiger partial charge in [0.2, 0.25) is 5.91 Å². The van der Waals surface area contributed by atoms with Crippen LogP contribution in [0.1, 0.15) is 29.6 Å². The van der Waals surface area contributed by atoms with Crippen molar-refractivity contribution in [2.75, 3.05) is 19.6 Å². The zero-order chi connectivity index (χ0) is 15.4. The minimum absolute atomic E-state index is 0.107. The van der Waals surface area contributed by atoms with Crippen molar-refractivity contribution in [2.24, 2.45) is 0 Å². The lowest BCUT2D eigenvalue weighted by atomic mass is 10.1. The van der Waals surface area contributed by atoms with Gasteiger partial charge in [0.15, 0.2) is 0 Å². The molecule has 6 heteroatoms. The molecule has 6 nitrogen and oxygen atoms in total. The molecule has 0 bridgehead atoms. The first-order valence-corrected chi connectivity index (χ1v) is 7.51. The maximum Gasteiger partial charge on any atom is 0.253 e. The van der Waals surface area contributed by atoms with E-state index < -0.39 is 0 Å². The summed E-state index contributed by atoms with van der Waals surface area (Å²) in [5, 5.41) is 2.79. The predicted octanol–water partition coefficient (Wildman–Crippen LogP) is 1.37. The normalized spacial score (nSPS) is 14.3. The van der Waals surface area contributed by atoms with E-state index in [2.05, 4.69) is 15.3 Å². The Hall–Kier alpha value is -2.50. The highest BCUT2D eigenvalue weighted by Crippen LogP contribution is 2.13. The van der Waals surface area contributed by atoms with E-state index in [1.807, 2.05) is 11.0 Å². The van der Waals surface area contributed by atoms with Crippen molar-refractivity contribution in [3.05, 3.63) is 36.2 Å². The van der Waals surface area contributed by atoms with E-state index >= 15 is 0 Å². The van der Waals surface area contributed by atoms with Crippen molar-refractivity contribution in [3.63, 3.8) is 0 Å². The highest BCUT2D eigenvalue weighted by molar-refractivity contribution is 6.04. The predicted molar refractivity (Wildman–Crippen MR) is 82.3 cm³/mol. The fourth-order valence-corrected chi connectivity index (χ4v) is 2.68. The maximum atomic E-state index is 12.3. The summed E-state index contributed by atoms with van der Waals surface area (Å²) in [7, 11) is 0. The van der Waals surface area contributed by atoms with Crippen LogP contribution in [0.25, 0.3) is 11.0 Å². The van der Waals surface area contributed by atoms with Gasteiger partial charge < -0.3 is 10.2 Å². The molecule has 0 spiro atoms. The van der Waals surface area contributed by atoms with Crippen LogP contribution in [-0.4, -0.2) is 46.3 Å². The molecule has 0 unspecified atom stereocenters. The van der Waals surface area contributed by atoms with Crippen molar-refractivity contribution >= 4 is 22.8 Å². The maximum absolute atomic E-state index is 12.3. The molecule has 1 aromatic heterocycles. The van der Waals surface area contributed by atoms with Crippen LogP contribution in [0, 0.1) is 0 Å². The topological polar surface area (TPSA) is 75.2 Å². The van der Waals surface area contributed by atoms with E-state index in [0.29, 0.717) is 29.6 Å². The fourth-order valence-electron chi connectivity index (χ4n) is 2.68. The molecule has 1 N–H and O–H groups in total. The summed E-state index contributed by atoms with van der Waals surface area (Å²) in [6.07, 6.45) is 5.65. The third-order valence-electron chi connectivity index (χ3n) is 3.83. The number of carbonyl (C=O) groups excluding carboxylic acids is 2. The SMILES string of the molecule is O=C(NCCC(=O)N1CCCC1)c1cccc2nccnc12. The lowest BCUT2D eigenvalue weighted by Crippen LogP contribution is -2.32. The standard InChI is InChI=1S/C16H18N4O2/c21-14(20-10-1-2-11-20)6-7-19-16(22)12-4-3-5-13-15(12)18-9-8-17-13/h3-5,8-9H,1-2,6-7,10-11H2,(H,19,22). The minimum Gasteiger partial charge on any atom is -0.351 e. The molecular weight excluding hydrogens is 280 g/mol. The highest BCUT2D eigenvalue weighted by atomic mass is 16.2. The molecule has 2 amide bonds. The minimum atomic E-state index is -0.222. The van der Waals surface area contributed by atoms with Crippen molar-refractivity contribution in [1.82, 2.24) is 20.2 Å². The van der Waals surface area contributed by atoms with Gasteiger partial charge in [0, 0.05) is 38.4 Å². The molecule has 1 fully saturated rings. The van der Waals surface area contributed by atoms with Gasteiger partial charge in [-0.2, -0.15) is 0 Å². The van der Waals surface area contributed by atoms with Crippen LogP contribution in [0.4, 0.5) is 0 Å². The van der Waals surface area contributed by atoms with E-state index in [0.717, 1.165) is 25.9 Å². The van der Waals surface area contributed by atoms with Crippen molar-refractivity contribution < 1.29 is 9.59 Å². The van der Waals surface area contributed by atoms with E-state index in [-0.39, 0.29) is 11.8 Å². The molecule has 0 saturated carbocycles. The summed E-state index contributed by atoms with van der Waals surface area (Å²) in [4.78, 5) is 34.4. The van der Waals surface area contributed by atoms with Gasteiger partial charge in [-0.1, -0.05) is 6.07 Å². The summed E-state index contributed by atoms with van der Waals surface area (Å²) >= 11 is 0. The summed E-state index contributed by atoms with van der Waals surface area (Å²) < 4.78 is 0. The van der Waals surface area contributed by atoms with E-state index in [9.17, 15) is 9.59 Å². The highest BCUT2D eigenvalue weighted by Gasteiger charge is 2.18. The smallest absolute Gasteiger partial charge is 0.253 e. The largest absolute Gasteiger partial charge is 0.351 e. The Kier molecular flexibility index (Phi) is 4.27. The van der Waals surface area contributed by atoms with Gasteiger partial charge in [0.05, 0.1) is 11.1 Å². The summed E-state index contributed by atoms with van der Waals surface area (Å²) in [6.45, 7) is 2.02. The van der Waals surface area contributed by atoms with Crippen LogP contribution in [0.5, 0.6) is 0 Å². The first-order valence-electron chi connectivity index (χ1n) is 7.51. The molecular formula is C16H18N4O2. The molecule has 114 valence electrons. The Bertz CT molecular complexity index is 690. The monoisotopic (exact) mass is 298 g/mol. The molecule has 1 saturated heterocycles. The first-order chi connectivity index (χ1) is 10.8. The van der Waals surface area contributed by atoms with E-state index in [1.54, 1.807) is 24.5 Å². The Labute approximate surface area is 128 Å². The average Bonchev–Trinajstić information content (AvgIpc) is 3.08. The van der Waals surface area contributed by atoms with Gasteiger partial charge in [-0.25, -0.2) is 0 Å². The lowest BCUT2D eigenvalue weighted by molar-refractivity contribution is -0.129. The Morgan fingerprint density at radius 1 is 1.14 bits per heavy atom. The van der Waals surface area contributed by atoms with Crippen LogP contribution in [0.15, 0.2) is 30.6 Å². The van der Waals surface area contributed by atoms with Crippen molar-refractivity contribution in [2.45, 2.75) is 19.3 Å². The van der Waals surface area contributed by atoms with Crippen molar-refractivity contribution in [1.29, 1.82) is 0 Å². The number of aromatic nitrogens is 2. The molecule has 0 aliphatic carbocycles. The van der Waals surface area contributed by atoms with Gasteiger partial charge in [0.1, 0.15) is 5.52 Å². The number of para-hydroxylation sites is 1. The second kappa shape index (κ2) is 6.51. The Balaban J connectivity index is 1.60. The summed E-state index contributed by atoms with van der Waals surface area (Å²) in [6, 6.07) is 5.31. The van der Waals surface area contributed by atoms with Gasteiger partial charge in [-0.3, -0.25) is 19.6 Å². The second-order valence-corrected chi connectivity index (χ2v) is 5.32. The van der Waals surface area contributed by atoms with Gasteiger partial charge >= 0.3 is 0 Å². The second-order valence-electron chi connectivity index (χ2n) is 5.32. The van der Waals surface area contributed by atoms with Crippen LogP contribution in [-0.2, 0) is 4.79 Å². The number of nitrogens with one attached hydrogen (secondary N) is 1. The third kappa shape index (κ3) is 3.05. The molecule has 3 rings (SSSR count). The number of benzene rings is 1. The zero-order valence-electron chi connectivity index (χ0n) is 12.3. The van der Waals surface area contributed by atoms with Gasteiger partial charge in [0.25, 0.3) is 5.91 Å². The number of hydrogen-bond donors (Lipinski definition) is 1. The zero-order valence-corrected chi connectivity index (χ0v) is 12.3. The molecule has 1 aliphatic heterocycles. The van der Waals surface area contributed by atoms with Crippen LogP contribution in [0.3, 0.4) is 0 Å². The average molecular weight is 298 g/mol. The molecule has 1 aromatic carbocycles. The molecule has 1 aliphatic rings. The van der Waals surface area contributed by atoms with E-state index in [1.165, 1.54) is 0 Å². The summed E-state index contributed by atoms with van der Waals surface area (Å²) in [5.74, 6) is -0.115. The van der Waals surface area contributed by atoms with Crippen LogP contribution < -0.4 is 5.32 Å². The number of hydrogen-bond acceptors (Lipinski definition) is 4. The molecule has 0 atom stereocenters. The molecule has 22 heavy (non-hydrogen) atoms. The number of likely N-dealkylation sites (tertiary alicyclic amines) is 1. The third-order valence-corrected chi connectivity index (χ3v) is 3.83. The van der Waals surface area contributed by atoms with Crippen LogP contribution >= 0.6 is 0 Å². The van der Waals surface area contributed by atoms with Gasteiger partial charge in [-0.15, -0.1) is 0 Å². The first kappa shape index (κ1) is 14.4. The summed E-state index contributed by atoms with van der Waals surface area (Å²) in [5.41, 5.74) is 1.75. The molecule has 2 heterocycles. The Morgan fingerprint density at radius 2 is 1.91 bits per heavy atom. The molecule has 0 radical (unpaired) electrons. The van der Waals surface area contributed by atoms with Crippen molar-refractivity contribution in [3.8, 4) is 0 Å². The number of rotatable bonds is 4. The van der Waals surface area contributed by atoms with E-state index in [4.69, 9.17) is 0 Å². The van der Waals surface area contributed by atoms with Crippen LogP contribution in [0.2, 0.25) is 0 Å². The van der Waals surface area contributed by atoms with Gasteiger partial charge in [-0.05, 0) is 25.0 Å². The Morgan fingerprint density at radius 3 is 2.73 bits per heavy atom. The molecule has 2 aromatic rings. The quantitative estimate of drug-likeness (QED) is 0.925. The lowest BCUT2D eigenvalue weighted by Gasteiger charge is -2.15. The number of carbonyl (C=O) groups is 2. The number of nitrogens with zero attached hydrogens (tertiary/aromatic N) is 3.